The minimum absolute atomic E-state index is 0.00270. The van der Waals surface area contributed by atoms with Crippen molar-refractivity contribution in [1.82, 2.24) is 4.72 Å². The summed E-state index contributed by atoms with van der Waals surface area (Å²) in [4.78, 5) is 11.4. The first-order valence-electron chi connectivity index (χ1n) is 7.03. The van der Waals surface area contributed by atoms with Crippen LogP contribution in [0.25, 0.3) is 0 Å². The summed E-state index contributed by atoms with van der Waals surface area (Å²) in [6.07, 6.45) is 0. The van der Waals surface area contributed by atoms with Gasteiger partial charge in [-0.2, -0.15) is 0 Å². The van der Waals surface area contributed by atoms with Gasteiger partial charge in [-0.3, -0.25) is 0 Å². The monoisotopic (exact) mass is 368 g/mol. The molecule has 0 aromatic heterocycles. The molecule has 0 radical (unpaired) electrons. The van der Waals surface area contributed by atoms with Crippen molar-refractivity contribution >= 4 is 27.6 Å². The molecule has 8 heteroatoms. The predicted molar refractivity (Wildman–Crippen MR) is 91.4 cm³/mol. The number of sulfonamides is 1. The van der Waals surface area contributed by atoms with E-state index < -0.39 is 22.0 Å². The van der Waals surface area contributed by atoms with Crippen LogP contribution in [0.4, 0.5) is 0 Å². The zero-order chi connectivity index (χ0) is 17.7. The first-order chi connectivity index (χ1) is 11.3. The lowest BCUT2D eigenvalue weighted by Gasteiger charge is -2.14. The number of rotatable bonds is 6. The number of nitrogens with two attached hydrogens (primary N) is 1. The molecule has 6 nitrogen and oxygen atoms in total. The molecule has 24 heavy (non-hydrogen) atoms. The molecular weight excluding hydrogens is 352 g/mol. The molecule has 0 unspecified atom stereocenters. The van der Waals surface area contributed by atoms with E-state index >= 15 is 0 Å². The molecule has 1 atom stereocenters. The number of esters is 1. The van der Waals surface area contributed by atoms with Gasteiger partial charge in [0.2, 0.25) is 10.0 Å². The maximum absolute atomic E-state index is 12.3. The lowest BCUT2D eigenvalue weighted by atomic mass is 10.1. The van der Waals surface area contributed by atoms with Gasteiger partial charge in [-0.25, -0.2) is 17.9 Å². The van der Waals surface area contributed by atoms with Crippen LogP contribution >= 0.6 is 11.6 Å². The normalized spacial score (nSPS) is 12.6. The van der Waals surface area contributed by atoms with Gasteiger partial charge < -0.3 is 10.5 Å². The van der Waals surface area contributed by atoms with E-state index in [-0.39, 0.29) is 22.0 Å². The van der Waals surface area contributed by atoms with E-state index in [9.17, 15) is 13.2 Å². The number of ether oxygens (including phenoxy) is 1. The Morgan fingerprint density at radius 2 is 1.92 bits per heavy atom. The quantitative estimate of drug-likeness (QED) is 0.761. The Morgan fingerprint density at radius 3 is 2.50 bits per heavy atom. The lowest BCUT2D eigenvalue weighted by Crippen LogP contribution is -2.32. The van der Waals surface area contributed by atoms with Crippen molar-refractivity contribution in [2.24, 2.45) is 5.73 Å². The molecule has 128 valence electrons. The van der Waals surface area contributed by atoms with Crippen LogP contribution in [0.15, 0.2) is 53.4 Å². The van der Waals surface area contributed by atoms with Gasteiger partial charge in [0.1, 0.15) is 0 Å². The Balaban J connectivity index is 2.13. The third-order valence-electron chi connectivity index (χ3n) is 3.38. The summed E-state index contributed by atoms with van der Waals surface area (Å²) >= 11 is 5.95. The van der Waals surface area contributed by atoms with Gasteiger partial charge in [0.05, 0.1) is 22.6 Å². The summed E-state index contributed by atoms with van der Waals surface area (Å²) < 4.78 is 31.7. The van der Waals surface area contributed by atoms with Crippen LogP contribution in [0.1, 0.15) is 22.0 Å². The molecule has 0 heterocycles. The summed E-state index contributed by atoms with van der Waals surface area (Å²) in [6.45, 7) is 0.0305. The van der Waals surface area contributed by atoms with E-state index in [1.807, 2.05) is 30.3 Å². The van der Waals surface area contributed by atoms with E-state index in [0.717, 1.165) is 5.56 Å². The van der Waals surface area contributed by atoms with E-state index in [4.69, 9.17) is 17.3 Å². The second-order valence-electron chi connectivity index (χ2n) is 5.00. The molecule has 0 bridgehead atoms. The van der Waals surface area contributed by atoms with Crippen LogP contribution in [-0.4, -0.2) is 28.0 Å². The minimum Gasteiger partial charge on any atom is -0.465 e. The van der Waals surface area contributed by atoms with Gasteiger partial charge >= 0.3 is 5.97 Å². The number of methoxy groups -OCH3 is 1. The van der Waals surface area contributed by atoms with Crippen molar-refractivity contribution in [2.45, 2.75) is 10.9 Å². The number of carbonyl (C=O) groups excluding carboxylic acids is 1. The van der Waals surface area contributed by atoms with Crippen LogP contribution in [0.3, 0.4) is 0 Å². The molecule has 0 spiro atoms. The molecule has 0 fully saturated rings. The fraction of sp³-hybridized carbons (Fsp3) is 0.188. The Hall–Kier alpha value is -1.93. The molecule has 0 saturated heterocycles. The third-order valence-corrected chi connectivity index (χ3v) is 5.11. The standard InChI is InChI=1S/C16H17ClN2O4S/c1-23-16(20)13-8-7-12(9-14(13)17)24(21,22)19-10-15(18)11-5-3-2-4-6-11/h2-9,15,19H,10,18H2,1H3/t15-/m0/s1. The largest absolute Gasteiger partial charge is 0.465 e. The molecule has 0 saturated carbocycles. The second-order valence-corrected chi connectivity index (χ2v) is 7.18. The summed E-state index contributed by atoms with van der Waals surface area (Å²) in [5.41, 5.74) is 6.89. The Morgan fingerprint density at radius 1 is 1.25 bits per heavy atom. The molecule has 0 amide bonds. The maximum Gasteiger partial charge on any atom is 0.339 e. The highest BCUT2D eigenvalue weighted by atomic mass is 35.5. The number of hydrogen-bond donors (Lipinski definition) is 2. The summed E-state index contributed by atoms with van der Waals surface area (Å²) in [5, 5.41) is -0.00270. The zero-order valence-electron chi connectivity index (χ0n) is 12.9. The number of halogens is 1. The molecule has 3 N–H and O–H groups in total. The topological polar surface area (TPSA) is 98.5 Å². The summed E-state index contributed by atoms with van der Waals surface area (Å²) in [7, 11) is -2.58. The van der Waals surface area contributed by atoms with Gasteiger partial charge in [0.25, 0.3) is 0 Å². The molecule has 0 aliphatic rings. The average Bonchev–Trinajstić information content (AvgIpc) is 2.59. The first-order valence-corrected chi connectivity index (χ1v) is 8.89. The van der Waals surface area contributed by atoms with E-state index in [0.29, 0.717) is 0 Å². The Kier molecular flexibility index (Phi) is 5.95. The van der Waals surface area contributed by atoms with Gasteiger partial charge in [0.15, 0.2) is 0 Å². The molecule has 0 aliphatic carbocycles. The summed E-state index contributed by atoms with van der Waals surface area (Å²) in [5.74, 6) is -0.636. The van der Waals surface area contributed by atoms with Gasteiger partial charge in [-0.1, -0.05) is 41.9 Å². The zero-order valence-corrected chi connectivity index (χ0v) is 14.5. The van der Waals surface area contributed by atoms with Crippen molar-refractivity contribution < 1.29 is 17.9 Å². The number of hydrogen-bond acceptors (Lipinski definition) is 5. The third kappa shape index (κ3) is 4.33. The van der Waals surface area contributed by atoms with Crippen molar-refractivity contribution in [3.63, 3.8) is 0 Å². The fourth-order valence-corrected chi connectivity index (χ4v) is 3.45. The van der Waals surface area contributed by atoms with Crippen molar-refractivity contribution in [2.75, 3.05) is 13.7 Å². The average molecular weight is 369 g/mol. The van der Waals surface area contributed by atoms with Crippen LogP contribution in [0.5, 0.6) is 0 Å². The molecule has 2 rings (SSSR count). The first kappa shape index (κ1) is 18.4. The molecule has 2 aromatic carbocycles. The Labute approximate surface area is 145 Å². The second kappa shape index (κ2) is 7.76. The fourth-order valence-electron chi connectivity index (χ4n) is 2.04. The maximum atomic E-state index is 12.3. The van der Waals surface area contributed by atoms with Crippen LogP contribution < -0.4 is 10.5 Å². The van der Waals surface area contributed by atoms with Crippen LogP contribution in [-0.2, 0) is 14.8 Å². The smallest absolute Gasteiger partial charge is 0.339 e. The number of benzene rings is 2. The van der Waals surface area contributed by atoms with Gasteiger partial charge in [-0.05, 0) is 23.8 Å². The van der Waals surface area contributed by atoms with Crippen molar-refractivity contribution in [3.05, 3.63) is 64.7 Å². The van der Waals surface area contributed by atoms with Crippen molar-refractivity contribution in [3.8, 4) is 0 Å². The lowest BCUT2D eigenvalue weighted by molar-refractivity contribution is 0.0601. The van der Waals surface area contributed by atoms with Crippen molar-refractivity contribution in [1.29, 1.82) is 0 Å². The molecule has 2 aromatic rings. The van der Waals surface area contributed by atoms with Gasteiger partial charge in [-0.15, -0.1) is 0 Å². The van der Waals surface area contributed by atoms with Crippen LogP contribution in [0, 0.1) is 0 Å². The van der Waals surface area contributed by atoms with E-state index in [1.165, 1.54) is 25.3 Å². The van der Waals surface area contributed by atoms with E-state index in [2.05, 4.69) is 9.46 Å². The predicted octanol–water partition coefficient (Wildman–Crippen LogP) is 2.10. The summed E-state index contributed by atoms with van der Waals surface area (Å²) in [6, 6.07) is 12.5. The van der Waals surface area contributed by atoms with Gasteiger partial charge in [0, 0.05) is 12.6 Å². The molecule has 0 aliphatic heterocycles. The van der Waals surface area contributed by atoms with E-state index in [1.54, 1.807) is 0 Å². The highest BCUT2D eigenvalue weighted by Gasteiger charge is 2.19. The minimum atomic E-state index is -3.80. The number of carbonyl (C=O) groups is 1. The highest BCUT2D eigenvalue weighted by Crippen LogP contribution is 2.21. The number of nitrogens with one attached hydrogen (secondary N) is 1. The Bertz CT molecular complexity index is 825. The molecular formula is C16H17ClN2O4S. The SMILES string of the molecule is COC(=O)c1ccc(S(=O)(=O)NC[C@H](N)c2ccccc2)cc1Cl. The highest BCUT2D eigenvalue weighted by molar-refractivity contribution is 7.89. The van der Waals surface area contributed by atoms with Crippen LogP contribution in [0.2, 0.25) is 5.02 Å².